The molecule has 29 heavy (non-hydrogen) atoms. The highest BCUT2D eigenvalue weighted by molar-refractivity contribution is 6.27. The van der Waals surface area contributed by atoms with Crippen LogP contribution in [-0.4, -0.2) is 11.6 Å². The number of nitriles is 1. The van der Waals surface area contributed by atoms with Gasteiger partial charge in [0, 0.05) is 11.1 Å². The number of ketones is 2. The normalized spacial score (nSPS) is 18.8. The average molecular weight is 396 g/mol. The quantitative estimate of drug-likeness (QED) is 0.790. The van der Waals surface area contributed by atoms with Crippen molar-refractivity contribution in [1.29, 1.82) is 5.26 Å². The van der Waals surface area contributed by atoms with Crippen LogP contribution in [0.1, 0.15) is 37.8 Å². The van der Waals surface area contributed by atoms with Crippen molar-refractivity contribution in [3.05, 3.63) is 93.6 Å². The van der Waals surface area contributed by atoms with Crippen LogP contribution in [0.4, 0.5) is 13.2 Å². The van der Waals surface area contributed by atoms with Crippen molar-refractivity contribution in [2.45, 2.75) is 12.1 Å². The summed E-state index contributed by atoms with van der Waals surface area (Å²) in [4.78, 5) is 26.0. The van der Waals surface area contributed by atoms with Gasteiger partial charge >= 0.3 is 6.18 Å². The molecule has 2 aromatic carbocycles. The third-order valence-corrected chi connectivity index (χ3v) is 4.83. The van der Waals surface area contributed by atoms with E-state index >= 15 is 0 Å². The molecule has 0 saturated heterocycles. The monoisotopic (exact) mass is 396 g/mol. The molecule has 144 valence electrons. The van der Waals surface area contributed by atoms with Crippen LogP contribution in [0.3, 0.4) is 0 Å². The number of allylic oxidation sites excluding steroid dienone is 3. The number of carbonyl (C=O) groups excluding carboxylic acids is 2. The van der Waals surface area contributed by atoms with Gasteiger partial charge in [-0.25, -0.2) is 0 Å². The molecule has 2 aliphatic rings. The number of fused-ring (bicyclic) bond motifs is 1. The molecule has 5 nitrogen and oxygen atoms in total. The van der Waals surface area contributed by atoms with Crippen LogP contribution in [0, 0.1) is 11.3 Å². The van der Waals surface area contributed by atoms with Crippen LogP contribution in [0.2, 0.25) is 0 Å². The van der Waals surface area contributed by atoms with E-state index in [1.807, 2.05) is 0 Å². The Balaban J connectivity index is 1.97. The highest BCUT2D eigenvalue weighted by atomic mass is 19.4. The molecule has 2 aromatic rings. The molecule has 0 saturated carbocycles. The van der Waals surface area contributed by atoms with Crippen LogP contribution in [0.15, 0.2) is 71.3 Å². The molecule has 0 unspecified atom stereocenters. The van der Waals surface area contributed by atoms with Gasteiger partial charge in [0.2, 0.25) is 11.7 Å². The smallest absolute Gasteiger partial charge is 0.416 e. The van der Waals surface area contributed by atoms with Crippen molar-refractivity contribution < 1.29 is 27.5 Å². The summed E-state index contributed by atoms with van der Waals surface area (Å²) >= 11 is 0. The van der Waals surface area contributed by atoms with E-state index in [2.05, 4.69) is 0 Å². The molecule has 8 heteroatoms. The Labute approximate surface area is 162 Å². The first-order valence-electron chi connectivity index (χ1n) is 8.41. The number of nitrogens with zero attached hydrogens (tertiary/aromatic N) is 1. The number of Topliss-reactive ketones (excluding diaryl/α,β-unsaturated/α-hetero) is 2. The summed E-state index contributed by atoms with van der Waals surface area (Å²) in [6.07, 6.45) is -4.63. The molecule has 1 aliphatic carbocycles. The number of carbonyl (C=O) groups is 2. The maximum Gasteiger partial charge on any atom is 0.416 e. The van der Waals surface area contributed by atoms with Gasteiger partial charge in [-0.05, 0) is 11.6 Å². The Bertz CT molecular complexity index is 1190. The standard InChI is InChI=1S/C21H11F3N2O3/c22-21(23,24)11-5-3-4-10(8-11)15-14(9-25)20(26)29-19-16(15)17(27)12-6-1-2-7-13(12)18(19)28/h1-8,15H,26H2/t15-/m1/s1. The van der Waals surface area contributed by atoms with Crippen molar-refractivity contribution in [3.63, 3.8) is 0 Å². The van der Waals surface area contributed by atoms with Crippen molar-refractivity contribution in [2.24, 2.45) is 5.73 Å². The summed E-state index contributed by atoms with van der Waals surface area (Å²) in [5.74, 6) is -3.26. The molecular weight excluding hydrogens is 385 g/mol. The van der Waals surface area contributed by atoms with Crippen LogP contribution in [-0.2, 0) is 10.9 Å². The number of halogens is 3. The second-order valence-corrected chi connectivity index (χ2v) is 6.49. The van der Waals surface area contributed by atoms with Crippen molar-refractivity contribution in [1.82, 2.24) is 0 Å². The van der Waals surface area contributed by atoms with Crippen molar-refractivity contribution in [2.75, 3.05) is 0 Å². The molecule has 2 N–H and O–H groups in total. The minimum atomic E-state index is -4.63. The number of nitrogens with two attached hydrogens (primary N) is 1. The molecule has 1 aliphatic heterocycles. The van der Waals surface area contributed by atoms with E-state index in [1.165, 1.54) is 24.3 Å². The summed E-state index contributed by atoms with van der Waals surface area (Å²) in [6.45, 7) is 0. The number of ether oxygens (including phenoxy) is 1. The van der Waals surface area contributed by atoms with Crippen molar-refractivity contribution in [3.8, 4) is 6.07 Å². The zero-order chi connectivity index (χ0) is 20.9. The lowest BCUT2D eigenvalue weighted by Crippen LogP contribution is -2.32. The van der Waals surface area contributed by atoms with Gasteiger partial charge in [0.15, 0.2) is 11.5 Å². The highest BCUT2D eigenvalue weighted by Gasteiger charge is 2.44. The van der Waals surface area contributed by atoms with Crippen LogP contribution in [0.5, 0.6) is 0 Å². The zero-order valence-electron chi connectivity index (χ0n) is 14.6. The van der Waals surface area contributed by atoms with Gasteiger partial charge in [0.05, 0.1) is 17.1 Å². The highest BCUT2D eigenvalue weighted by Crippen LogP contribution is 2.44. The molecule has 4 rings (SSSR count). The van der Waals surface area contributed by atoms with Crippen LogP contribution < -0.4 is 5.73 Å². The summed E-state index contributed by atoms with van der Waals surface area (Å²) in [6, 6.07) is 12.1. The van der Waals surface area contributed by atoms with E-state index < -0.39 is 35.1 Å². The number of alkyl halides is 3. The fourth-order valence-electron chi connectivity index (χ4n) is 3.53. The topological polar surface area (TPSA) is 93.2 Å². The van der Waals surface area contributed by atoms with Crippen LogP contribution >= 0.6 is 0 Å². The van der Waals surface area contributed by atoms with E-state index in [9.17, 15) is 28.0 Å². The number of hydrogen-bond acceptors (Lipinski definition) is 5. The fourth-order valence-corrected chi connectivity index (χ4v) is 3.53. The molecule has 1 atom stereocenters. The summed E-state index contributed by atoms with van der Waals surface area (Å²) in [7, 11) is 0. The second kappa shape index (κ2) is 6.34. The molecule has 0 fully saturated rings. The van der Waals surface area contributed by atoms with E-state index in [-0.39, 0.29) is 33.6 Å². The number of rotatable bonds is 1. The lowest BCUT2D eigenvalue weighted by atomic mass is 9.75. The van der Waals surface area contributed by atoms with Gasteiger partial charge in [-0.15, -0.1) is 0 Å². The first-order valence-corrected chi connectivity index (χ1v) is 8.41. The molecule has 0 amide bonds. The fraction of sp³-hybridized carbons (Fsp3) is 0.0952. The molecule has 0 radical (unpaired) electrons. The summed E-state index contributed by atoms with van der Waals surface area (Å²) in [5, 5.41) is 9.55. The Morgan fingerprint density at radius 1 is 1.00 bits per heavy atom. The van der Waals surface area contributed by atoms with E-state index in [1.54, 1.807) is 18.2 Å². The van der Waals surface area contributed by atoms with Crippen LogP contribution in [0.25, 0.3) is 0 Å². The minimum absolute atomic E-state index is 0.00987. The SMILES string of the molecule is N#CC1=C(N)OC2=C(C(=O)c3ccccc3C2=O)[C@@H]1c1cccc(C(F)(F)F)c1. The summed E-state index contributed by atoms with van der Waals surface area (Å²) in [5.41, 5.74) is 4.62. The Morgan fingerprint density at radius 2 is 1.66 bits per heavy atom. The van der Waals surface area contributed by atoms with Gasteiger partial charge in [-0.3, -0.25) is 9.59 Å². The predicted octanol–water partition coefficient (Wildman–Crippen LogP) is 3.85. The molecule has 0 aromatic heterocycles. The number of hydrogen-bond donors (Lipinski definition) is 1. The summed E-state index contributed by atoms with van der Waals surface area (Å²) < 4.78 is 44.9. The minimum Gasteiger partial charge on any atom is -0.436 e. The van der Waals surface area contributed by atoms with Gasteiger partial charge in [-0.2, -0.15) is 18.4 Å². The first-order chi connectivity index (χ1) is 13.7. The maximum atomic E-state index is 13.2. The molecule has 1 heterocycles. The second-order valence-electron chi connectivity index (χ2n) is 6.49. The Hall–Kier alpha value is -3.86. The number of benzene rings is 2. The zero-order valence-corrected chi connectivity index (χ0v) is 14.6. The lowest BCUT2D eigenvalue weighted by molar-refractivity contribution is -0.137. The predicted molar refractivity (Wildman–Crippen MR) is 94.2 cm³/mol. The lowest BCUT2D eigenvalue weighted by Gasteiger charge is -2.31. The van der Waals surface area contributed by atoms with Gasteiger partial charge < -0.3 is 10.5 Å². The Kier molecular flexibility index (Phi) is 4.05. The van der Waals surface area contributed by atoms with E-state index in [0.29, 0.717) is 0 Å². The maximum absolute atomic E-state index is 13.2. The third-order valence-electron chi connectivity index (χ3n) is 4.83. The van der Waals surface area contributed by atoms with Gasteiger partial charge in [-0.1, -0.05) is 42.5 Å². The van der Waals surface area contributed by atoms with E-state index in [4.69, 9.17) is 10.5 Å². The van der Waals surface area contributed by atoms with Gasteiger partial charge in [0.25, 0.3) is 0 Å². The average Bonchev–Trinajstić information content (AvgIpc) is 2.70. The first kappa shape index (κ1) is 18.5. The van der Waals surface area contributed by atoms with E-state index in [0.717, 1.165) is 12.1 Å². The third kappa shape index (κ3) is 2.79. The Morgan fingerprint density at radius 3 is 2.28 bits per heavy atom. The molecule has 0 spiro atoms. The largest absolute Gasteiger partial charge is 0.436 e. The van der Waals surface area contributed by atoms with Crippen molar-refractivity contribution >= 4 is 11.6 Å². The molecule has 0 bridgehead atoms. The molecular formula is C21H11F3N2O3. The van der Waals surface area contributed by atoms with Gasteiger partial charge in [0.1, 0.15) is 11.6 Å².